The zero-order chi connectivity index (χ0) is 11.4. The van der Waals surface area contributed by atoms with E-state index in [4.69, 9.17) is 0 Å². The quantitative estimate of drug-likeness (QED) is 0.816. The Hall–Kier alpha value is -1.34. The van der Waals surface area contributed by atoms with E-state index < -0.39 is 0 Å². The van der Waals surface area contributed by atoms with E-state index >= 15 is 0 Å². The van der Waals surface area contributed by atoms with Crippen LogP contribution in [-0.4, -0.2) is 6.04 Å². The molecular formula is C15H19N. The van der Waals surface area contributed by atoms with Gasteiger partial charge in [0.25, 0.3) is 0 Å². The van der Waals surface area contributed by atoms with Gasteiger partial charge in [-0.3, -0.25) is 0 Å². The molecule has 0 radical (unpaired) electrons. The topological polar surface area (TPSA) is 12.0 Å². The molecule has 0 amide bonds. The first-order chi connectivity index (χ1) is 7.81. The largest absolute Gasteiger partial charge is 0.310 e. The zero-order valence-corrected chi connectivity index (χ0v) is 10.0. The molecule has 1 N–H and O–H groups in total. The Morgan fingerprint density at radius 3 is 2.62 bits per heavy atom. The van der Waals surface area contributed by atoms with Crippen molar-refractivity contribution in [3.05, 3.63) is 48.0 Å². The van der Waals surface area contributed by atoms with Crippen molar-refractivity contribution in [3.63, 3.8) is 0 Å². The normalized spacial score (nSPS) is 12.9. The molecule has 1 heteroatoms. The number of nitrogens with one attached hydrogen (secondary N) is 1. The number of rotatable bonds is 4. The van der Waals surface area contributed by atoms with E-state index in [-0.39, 0.29) is 0 Å². The summed E-state index contributed by atoms with van der Waals surface area (Å²) >= 11 is 0. The summed E-state index contributed by atoms with van der Waals surface area (Å²) in [6.45, 7) is 5.39. The molecule has 0 saturated carbocycles. The molecule has 84 valence electrons. The molecule has 0 saturated heterocycles. The summed E-state index contributed by atoms with van der Waals surface area (Å²) in [5.74, 6) is 0. The van der Waals surface area contributed by atoms with Gasteiger partial charge in [-0.25, -0.2) is 0 Å². The minimum Gasteiger partial charge on any atom is -0.310 e. The van der Waals surface area contributed by atoms with Gasteiger partial charge in [0.05, 0.1) is 0 Å². The van der Waals surface area contributed by atoms with Gasteiger partial charge in [-0.1, -0.05) is 49.4 Å². The molecule has 0 aliphatic rings. The van der Waals surface area contributed by atoms with Crippen molar-refractivity contribution in [1.82, 2.24) is 5.32 Å². The van der Waals surface area contributed by atoms with Crippen molar-refractivity contribution in [1.29, 1.82) is 0 Å². The Balaban J connectivity index is 2.23. The first-order valence-corrected chi connectivity index (χ1v) is 6.01. The van der Waals surface area contributed by atoms with Crippen LogP contribution in [0, 0.1) is 0 Å². The van der Waals surface area contributed by atoms with Crippen LogP contribution in [0.15, 0.2) is 42.5 Å². The molecule has 2 aromatic rings. The van der Waals surface area contributed by atoms with Crippen LogP contribution in [-0.2, 0) is 6.54 Å². The van der Waals surface area contributed by atoms with E-state index in [9.17, 15) is 0 Å². The fraction of sp³-hybridized carbons (Fsp3) is 0.333. The molecule has 0 heterocycles. The maximum Gasteiger partial charge on any atom is 0.0214 e. The summed E-state index contributed by atoms with van der Waals surface area (Å²) in [4.78, 5) is 0. The molecule has 2 aromatic carbocycles. The lowest BCUT2D eigenvalue weighted by atomic mass is 10.0. The van der Waals surface area contributed by atoms with Gasteiger partial charge in [0.1, 0.15) is 0 Å². The third kappa shape index (κ3) is 2.42. The Labute approximate surface area is 97.5 Å². The van der Waals surface area contributed by atoms with Gasteiger partial charge in [-0.15, -0.1) is 0 Å². The summed E-state index contributed by atoms with van der Waals surface area (Å²) in [6, 6.07) is 15.7. The zero-order valence-electron chi connectivity index (χ0n) is 10.0. The molecule has 0 bridgehead atoms. The third-order valence-corrected chi connectivity index (χ3v) is 3.13. The molecule has 0 aromatic heterocycles. The molecule has 0 aliphatic carbocycles. The molecule has 0 aliphatic heterocycles. The van der Waals surface area contributed by atoms with Gasteiger partial charge in [0.15, 0.2) is 0 Å². The third-order valence-electron chi connectivity index (χ3n) is 3.13. The van der Waals surface area contributed by atoms with Crippen LogP contribution < -0.4 is 5.32 Å². The molecule has 0 spiro atoms. The maximum atomic E-state index is 3.54. The Kier molecular flexibility index (Phi) is 3.58. The Bertz CT molecular complexity index is 456. The number of benzene rings is 2. The fourth-order valence-corrected chi connectivity index (χ4v) is 1.88. The van der Waals surface area contributed by atoms with Crippen LogP contribution in [0.25, 0.3) is 10.8 Å². The fourth-order valence-electron chi connectivity index (χ4n) is 1.88. The van der Waals surface area contributed by atoms with Crippen molar-refractivity contribution in [2.45, 2.75) is 32.9 Å². The van der Waals surface area contributed by atoms with Crippen molar-refractivity contribution in [2.75, 3.05) is 0 Å². The molecule has 1 nitrogen and oxygen atoms in total. The Morgan fingerprint density at radius 1 is 1.06 bits per heavy atom. The van der Waals surface area contributed by atoms with E-state index in [0.717, 1.165) is 6.54 Å². The van der Waals surface area contributed by atoms with Gasteiger partial charge in [0.2, 0.25) is 0 Å². The number of hydrogen-bond acceptors (Lipinski definition) is 1. The second-order valence-corrected chi connectivity index (χ2v) is 4.33. The summed E-state index contributed by atoms with van der Waals surface area (Å²) in [5.41, 5.74) is 1.39. The highest BCUT2D eigenvalue weighted by Gasteiger charge is 2.01. The van der Waals surface area contributed by atoms with Crippen molar-refractivity contribution in [2.24, 2.45) is 0 Å². The van der Waals surface area contributed by atoms with Crippen molar-refractivity contribution in [3.8, 4) is 0 Å². The standard InChI is InChI=1S/C15H19N/c1-3-12(2)16-11-14-9-6-8-13-7-4-5-10-15(13)14/h4-10,12,16H,3,11H2,1-2H3/t12-/m0/s1. The monoisotopic (exact) mass is 213 g/mol. The van der Waals surface area contributed by atoms with E-state index in [1.807, 2.05) is 0 Å². The SMILES string of the molecule is CC[C@H](C)NCc1cccc2ccccc12. The van der Waals surface area contributed by atoms with Crippen LogP contribution >= 0.6 is 0 Å². The van der Waals surface area contributed by atoms with E-state index in [2.05, 4.69) is 61.6 Å². The van der Waals surface area contributed by atoms with Gasteiger partial charge >= 0.3 is 0 Å². The van der Waals surface area contributed by atoms with E-state index in [1.165, 1.54) is 22.8 Å². The van der Waals surface area contributed by atoms with Gasteiger partial charge in [0, 0.05) is 12.6 Å². The van der Waals surface area contributed by atoms with E-state index in [1.54, 1.807) is 0 Å². The Morgan fingerprint density at radius 2 is 1.81 bits per heavy atom. The summed E-state index contributed by atoms with van der Waals surface area (Å²) in [5, 5.41) is 6.23. The maximum absolute atomic E-state index is 3.54. The van der Waals surface area contributed by atoms with Crippen molar-refractivity contribution >= 4 is 10.8 Å². The second kappa shape index (κ2) is 5.13. The van der Waals surface area contributed by atoms with Gasteiger partial charge in [-0.2, -0.15) is 0 Å². The molecule has 0 fully saturated rings. The summed E-state index contributed by atoms with van der Waals surface area (Å²) in [7, 11) is 0. The lowest BCUT2D eigenvalue weighted by Crippen LogP contribution is -2.24. The van der Waals surface area contributed by atoms with Crippen molar-refractivity contribution < 1.29 is 0 Å². The smallest absolute Gasteiger partial charge is 0.0214 e. The molecule has 1 atom stereocenters. The number of hydrogen-bond donors (Lipinski definition) is 1. The second-order valence-electron chi connectivity index (χ2n) is 4.33. The van der Waals surface area contributed by atoms with E-state index in [0.29, 0.717) is 6.04 Å². The van der Waals surface area contributed by atoms with Crippen LogP contribution in [0.5, 0.6) is 0 Å². The first-order valence-electron chi connectivity index (χ1n) is 6.01. The lowest BCUT2D eigenvalue weighted by Gasteiger charge is -2.12. The van der Waals surface area contributed by atoms with Crippen LogP contribution in [0.1, 0.15) is 25.8 Å². The average molecular weight is 213 g/mol. The van der Waals surface area contributed by atoms with Crippen LogP contribution in [0.4, 0.5) is 0 Å². The summed E-state index contributed by atoms with van der Waals surface area (Å²) < 4.78 is 0. The highest BCUT2D eigenvalue weighted by atomic mass is 14.9. The predicted molar refractivity (Wildman–Crippen MR) is 70.5 cm³/mol. The highest BCUT2D eigenvalue weighted by Crippen LogP contribution is 2.18. The lowest BCUT2D eigenvalue weighted by molar-refractivity contribution is 0.535. The van der Waals surface area contributed by atoms with Crippen LogP contribution in [0.3, 0.4) is 0 Å². The molecule has 16 heavy (non-hydrogen) atoms. The predicted octanol–water partition coefficient (Wildman–Crippen LogP) is 3.73. The average Bonchev–Trinajstić information content (AvgIpc) is 2.35. The molecule has 0 unspecified atom stereocenters. The number of fused-ring (bicyclic) bond motifs is 1. The molecular weight excluding hydrogens is 194 g/mol. The van der Waals surface area contributed by atoms with Crippen LogP contribution in [0.2, 0.25) is 0 Å². The minimum atomic E-state index is 0.582. The molecule has 2 rings (SSSR count). The highest BCUT2D eigenvalue weighted by molar-refractivity contribution is 5.85. The van der Waals surface area contributed by atoms with Gasteiger partial charge < -0.3 is 5.32 Å². The first kappa shape index (κ1) is 11.2. The van der Waals surface area contributed by atoms with Gasteiger partial charge in [-0.05, 0) is 29.7 Å². The summed E-state index contributed by atoms with van der Waals surface area (Å²) in [6.07, 6.45) is 1.17. The minimum absolute atomic E-state index is 0.582.